The summed E-state index contributed by atoms with van der Waals surface area (Å²) in [6.45, 7) is 0. The molecule has 0 bridgehead atoms. The van der Waals surface area contributed by atoms with E-state index in [0.29, 0.717) is 5.56 Å². The number of halogens is 4. The SMILES string of the molecule is O=C(OC(c1cccnc1)C(Cl)(Cl)Cl)c1ccccc1Cl. The molecule has 1 aromatic carbocycles. The lowest BCUT2D eigenvalue weighted by Gasteiger charge is -2.24. The molecule has 21 heavy (non-hydrogen) atoms. The van der Waals surface area contributed by atoms with Gasteiger partial charge in [-0.1, -0.05) is 64.6 Å². The second kappa shape index (κ2) is 6.84. The molecule has 0 spiro atoms. The second-order valence-corrected chi connectivity index (χ2v) is 6.87. The van der Waals surface area contributed by atoms with Gasteiger partial charge in [0.2, 0.25) is 3.79 Å². The summed E-state index contributed by atoms with van der Waals surface area (Å²) in [5.41, 5.74) is 0.667. The van der Waals surface area contributed by atoms with Crippen LogP contribution in [0.15, 0.2) is 48.8 Å². The van der Waals surface area contributed by atoms with Crippen molar-refractivity contribution in [1.82, 2.24) is 4.98 Å². The van der Waals surface area contributed by atoms with Gasteiger partial charge in [0.25, 0.3) is 0 Å². The number of carbonyl (C=O) groups excluding carboxylic acids is 1. The molecule has 1 atom stereocenters. The number of aromatic nitrogens is 1. The Kier molecular flexibility index (Phi) is 5.33. The van der Waals surface area contributed by atoms with Crippen LogP contribution in [0, 0.1) is 0 Å². The maximum Gasteiger partial charge on any atom is 0.340 e. The molecular weight excluding hydrogens is 356 g/mol. The summed E-state index contributed by atoms with van der Waals surface area (Å²) in [7, 11) is 0. The van der Waals surface area contributed by atoms with Crippen molar-refractivity contribution in [2.75, 3.05) is 0 Å². The summed E-state index contributed by atoms with van der Waals surface area (Å²) < 4.78 is 3.48. The molecule has 0 fully saturated rings. The molecule has 0 N–H and O–H groups in total. The zero-order chi connectivity index (χ0) is 15.5. The molecule has 0 aliphatic rings. The van der Waals surface area contributed by atoms with Gasteiger partial charge < -0.3 is 4.74 Å². The lowest BCUT2D eigenvalue weighted by molar-refractivity contribution is 0.0304. The fraction of sp³-hybridized carbons (Fsp3) is 0.143. The van der Waals surface area contributed by atoms with Crippen LogP contribution in [0.4, 0.5) is 0 Å². The van der Waals surface area contributed by atoms with Crippen LogP contribution in [0.5, 0.6) is 0 Å². The van der Waals surface area contributed by atoms with Crippen molar-refractivity contribution in [2.45, 2.75) is 9.90 Å². The number of esters is 1. The highest BCUT2D eigenvalue weighted by Gasteiger charge is 2.38. The molecular formula is C14H9Cl4NO2. The quantitative estimate of drug-likeness (QED) is 0.568. The van der Waals surface area contributed by atoms with Gasteiger partial charge in [0.15, 0.2) is 6.10 Å². The first-order valence-electron chi connectivity index (χ1n) is 5.81. The number of rotatable bonds is 3. The highest BCUT2D eigenvalue weighted by atomic mass is 35.6. The van der Waals surface area contributed by atoms with E-state index in [1.807, 2.05) is 0 Å². The van der Waals surface area contributed by atoms with Crippen molar-refractivity contribution < 1.29 is 9.53 Å². The predicted octanol–water partition coefficient (Wildman–Crippen LogP) is 5.00. The predicted molar refractivity (Wildman–Crippen MR) is 84.1 cm³/mol. The molecule has 2 aromatic rings. The van der Waals surface area contributed by atoms with E-state index in [2.05, 4.69) is 4.98 Å². The van der Waals surface area contributed by atoms with Gasteiger partial charge in [0, 0.05) is 18.0 Å². The van der Waals surface area contributed by atoms with Crippen molar-refractivity contribution in [2.24, 2.45) is 0 Å². The van der Waals surface area contributed by atoms with E-state index in [9.17, 15) is 4.79 Å². The highest BCUT2D eigenvalue weighted by Crippen LogP contribution is 2.42. The smallest absolute Gasteiger partial charge is 0.340 e. The summed E-state index contributed by atoms with van der Waals surface area (Å²) in [6.07, 6.45) is 1.93. The molecule has 0 aliphatic heterocycles. The van der Waals surface area contributed by atoms with Crippen molar-refractivity contribution in [3.05, 3.63) is 64.9 Å². The van der Waals surface area contributed by atoms with Crippen LogP contribution in [0.2, 0.25) is 5.02 Å². The van der Waals surface area contributed by atoms with Gasteiger partial charge in [-0.25, -0.2) is 4.79 Å². The molecule has 1 unspecified atom stereocenters. The Labute approximate surface area is 141 Å². The monoisotopic (exact) mass is 363 g/mol. The summed E-state index contributed by atoms with van der Waals surface area (Å²) in [5.74, 6) is -0.680. The highest BCUT2D eigenvalue weighted by molar-refractivity contribution is 6.68. The number of hydrogen-bond acceptors (Lipinski definition) is 3. The van der Waals surface area contributed by atoms with Crippen LogP contribution in [-0.4, -0.2) is 14.7 Å². The van der Waals surface area contributed by atoms with Crippen LogP contribution in [-0.2, 0) is 4.74 Å². The number of benzene rings is 1. The first kappa shape index (κ1) is 16.4. The number of carbonyl (C=O) groups is 1. The molecule has 0 saturated carbocycles. The van der Waals surface area contributed by atoms with E-state index in [-0.39, 0.29) is 10.6 Å². The standard InChI is InChI=1S/C14H9Cl4NO2/c15-11-6-2-1-5-10(11)13(20)21-12(14(16,17)18)9-4-3-7-19-8-9/h1-8,12H. The Hall–Kier alpha value is -1.000. The fourth-order valence-electron chi connectivity index (χ4n) is 1.65. The Bertz CT molecular complexity index is 628. The Balaban J connectivity index is 2.29. The first-order chi connectivity index (χ1) is 9.89. The largest absolute Gasteiger partial charge is 0.449 e. The third kappa shape index (κ3) is 4.24. The first-order valence-corrected chi connectivity index (χ1v) is 7.33. The normalized spacial score (nSPS) is 12.8. The van der Waals surface area contributed by atoms with Gasteiger partial charge in [0.1, 0.15) is 0 Å². The van der Waals surface area contributed by atoms with Crippen molar-refractivity contribution in [1.29, 1.82) is 0 Å². The minimum absolute atomic E-state index is 0.197. The van der Waals surface area contributed by atoms with E-state index in [1.54, 1.807) is 36.5 Å². The molecule has 1 heterocycles. The number of nitrogens with zero attached hydrogens (tertiary/aromatic N) is 1. The van der Waals surface area contributed by atoms with Gasteiger partial charge in [0.05, 0.1) is 10.6 Å². The number of pyridine rings is 1. The van der Waals surface area contributed by atoms with Crippen molar-refractivity contribution >= 4 is 52.4 Å². The van der Waals surface area contributed by atoms with Crippen molar-refractivity contribution in [3.63, 3.8) is 0 Å². The average molecular weight is 365 g/mol. The van der Waals surface area contributed by atoms with E-state index >= 15 is 0 Å². The number of ether oxygens (including phenoxy) is 1. The molecule has 7 heteroatoms. The Morgan fingerprint density at radius 3 is 2.43 bits per heavy atom. The molecule has 2 rings (SSSR count). The third-order valence-corrected chi connectivity index (χ3v) is 3.53. The molecule has 110 valence electrons. The Morgan fingerprint density at radius 2 is 1.86 bits per heavy atom. The maximum absolute atomic E-state index is 12.2. The summed E-state index contributed by atoms with van der Waals surface area (Å²) in [5, 5.41) is 0.261. The molecule has 0 amide bonds. The Morgan fingerprint density at radius 1 is 1.14 bits per heavy atom. The maximum atomic E-state index is 12.2. The third-order valence-electron chi connectivity index (χ3n) is 2.60. The van der Waals surface area contributed by atoms with Gasteiger partial charge in [-0.2, -0.15) is 0 Å². The van der Waals surface area contributed by atoms with Crippen LogP contribution in [0.25, 0.3) is 0 Å². The van der Waals surface area contributed by atoms with Crippen LogP contribution in [0.3, 0.4) is 0 Å². The molecule has 0 saturated heterocycles. The summed E-state index contributed by atoms with van der Waals surface area (Å²) in [4.78, 5) is 16.1. The van der Waals surface area contributed by atoms with Gasteiger partial charge in [-0.15, -0.1) is 0 Å². The van der Waals surface area contributed by atoms with Gasteiger partial charge in [-0.05, 0) is 18.2 Å². The van der Waals surface area contributed by atoms with E-state index in [1.165, 1.54) is 12.3 Å². The van der Waals surface area contributed by atoms with Gasteiger partial charge >= 0.3 is 5.97 Å². The molecule has 0 aliphatic carbocycles. The lowest BCUT2D eigenvalue weighted by atomic mass is 10.1. The van der Waals surface area contributed by atoms with Crippen LogP contribution < -0.4 is 0 Å². The topological polar surface area (TPSA) is 39.2 Å². The van der Waals surface area contributed by atoms with E-state index < -0.39 is 15.9 Å². The molecule has 1 aromatic heterocycles. The summed E-state index contributed by atoms with van der Waals surface area (Å²) >= 11 is 23.6. The van der Waals surface area contributed by atoms with Crippen molar-refractivity contribution in [3.8, 4) is 0 Å². The van der Waals surface area contributed by atoms with Crippen LogP contribution >= 0.6 is 46.4 Å². The fourth-order valence-corrected chi connectivity index (χ4v) is 2.38. The zero-order valence-corrected chi connectivity index (χ0v) is 13.5. The van der Waals surface area contributed by atoms with E-state index in [0.717, 1.165) is 0 Å². The number of alkyl halides is 3. The second-order valence-electron chi connectivity index (χ2n) is 4.09. The molecule has 3 nitrogen and oxygen atoms in total. The minimum atomic E-state index is -1.83. The summed E-state index contributed by atoms with van der Waals surface area (Å²) in [6, 6.07) is 9.78. The zero-order valence-electron chi connectivity index (χ0n) is 10.5. The van der Waals surface area contributed by atoms with E-state index in [4.69, 9.17) is 51.1 Å². The minimum Gasteiger partial charge on any atom is -0.449 e. The molecule has 0 radical (unpaired) electrons. The van der Waals surface area contributed by atoms with Gasteiger partial charge in [-0.3, -0.25) is 4.98 Å². The number of hydrogen-bond donors (Lipinski definition) is 0. The van der Waals surface area contributed by atoms with Crippen LogP contribution in [0.1, 0.15) is 22.0 Å². The average Bonchev–Trinajstić information content (AvgIpc) is 2.44. The lowest BCUT2D eigenvalue weighted by Crippen LogP contribution is -2.24.